The van der Waals surface area contributed by atoms with Crippen LogP contribution >= 0.6 is 15.9 Å². The normalized spacial score (nSPS) is 10.8. The van der Waals surface area contributed by atoms with Gasteiger partial charge in [0.25, 0.3) is 0 Å². The minimum Gasteiger partial charge on any atom is -0.398 e. The molecule has 21 heavy (non-hydrogen) atoms. The molecular weight excluding hydrogens is 335 g/mol. The molecule has 0 saturated carbocycles. The number of nitrogens with zero attached hydrogens (tertiary/aromatic N) is 3. The van der Waals surface area contributed by atoms with Crippen molar-refractivity contribution in [1.29, 1.82) is 0 Å². The highest BCUT2D eigenvalue weighted by atomic mass is 79.9. The number of aromatic nitrogens is 3. The minimum absolute atomic E-state index is 0.293. The highest BCUT2D eigenvalue weighted by molar-refractivity contribution is 9.10. The van der Waals surface area contributed by atoms with Crippen LogP contribution in [0.15, 0.2) is 47.6 Å². The van der Waals surface area contributed by atoms with Crippen molar-refractivity contribution in [3.05, 3.63) is 59.0 Å². The van der Waals surface area contributed by atoms with E-state index in [9.17, 15) is 4.39 Å². The minimum atomic E-state index is -0.293. The van der Waals surface area contributed by atoms with Gasteiger partial charge in [0.1, 0.15) is 5.82 Å². The van der Waals surface area contributed by atoms with Crippen LogP contribution < -0.4 is 5.73 Å². The Hall–Kier alpha value is -2.21. The van der Waals surface area contributed by atoms with Gasteiger partial charge >= 0.3 is 0 Å². The van der Waals surface area contributed by atoms with Crippen molar-refractivity contribution in [2.75, 3.05) is 5.73 Å². The van der Waals surface area contributed by atoms with Crippen molar-refractivity contribution in [3.63, 3.8) is 0 Å². The third-order valence-corrected chi connectivity index (χ3v) is 3.88. The number of anilines is 1. The SMILES string of the molecule is Cc1cc(F)c(Br)cc1-n1cncc1-c1cnccc1N. The third-order valence-electron chi connectivity index (χ3n) is 3.27. The Morgan fingerprint density at radius 2 is 2.05 bits per heavy atom. The van der Waals surface area contributed by atoms with Gasteiger partial charge in [-0.05, 0) is 46.6 Å². The second kappa shape index (κ2) is 5.29. The highest BCUT2D eigenvalue weighted by Crippen LogP contribution is 2.30. The maximum absolute atomic E-state index is 13.6. The third kappa shape index (κ3) is 2.42. The molecule has 0 radical (unpaired) electrons. The molecule has 0 aliphatic carbocycles. The molecule has 0 saturated heterocycles. The van der Waals surface area contributed by atoms with E-state index in [0.29, 0.717) is 10.2 Å². The molecule has 106 valence electrons. The molecule has 0 fully saturated rings. The number of benzene rings is 1. The van der Waals surface area contributed by atoms with Crippen molar-refractivity contribution in [1.82, 2.24) is 14.5 Å². The monoisotopic (exact) mass is 346 g/mol. The summed E-state index contributed by atoms with van der Waals surface area (Å²) in [6.45, 7) is 1.85. The quantitative estimate of drug-likeness (QED) is 0.769. The van der Waals surface area contributed by atoms with Crippen molar-refractivity contribution in [3.8, 4) is 16.9 Å². The van der Waals surface area contributed by atoms with Crippen LogP contribution in [0.1, 0.15) is 5.56 Å². The molecule has 0 aliphatic heterocycles. The van der Waals surface area contributed by atoms with Crippen LogP contribution in [0.5, 0.6) is 0 Å². The van der Waals surface area contributed by atoms with Crippen molar-refractivity contribution in [2.45, 2.75) is 6.92 Å². The van der Waals surface area contributed by atoms with Gasteiger partial charge in [0.2, 0.25) is 0 Å². The summed E-state index contributed by atoms with van der Waals surface area (Å²) >= 11 is 3.22. The standard InChI is InChI=1S/C15H12BrFN4/c1-9-4-12(17)11(16)5-14(9)21-8-20-7-15(21)10-6-19-3-2-13(10)18/h2-8H,1H3,(H2,18,19). The number of aryl methyl sites for hydroxylation is 1. The number of rotatable bonds is 2. The van der Waals surface area contributed by atoms with Gasteiger partial charge in [0, 0.05) is 23.6 Å². The van der Waals surface area contributed by atoms with E-state index in [2.05, 4.69) is 25.9 Å². The van der Waals surface area contributed by atoms with Gasteiger partial charge in [0.15, 0.2) is 0 Å². The van der Waals surface area contributed by atoms with E-state index in [4.69, 9.17) is 5.73 Å². The molecule has 2 aromatic heterocycles. The Kier molecular flexibility index (Phi) is 3.47. The Morgan fingerprint density at radius 3 is 2.81 bits per heavy atom. The zero-order valence-electron chi connectivity index (χ0n) is 11.2. The second-order valence-corrected chi connectivity index (χ2v) is 5.52. The van der Waals surface area contributed by atoms with E-state index in [-0.39, 0.29) is 5.82 Å². The summed E-state index contributed by atoms with van der Waals surface area (Å²) < 4.78 is 15.9. The summed E-state index contributed by atoms with van der Waals surface area (Å²) in [4.78, 5) is 8.28. The van der Waals surface area contributed by atoms with Crippen molar-refractivity contribution < 1.29 is 4.39 Å². The molecule has 4 nitrogen and oxygen atoms in total. The average molecular weight is 347 g/mol. The lowest BCUT2D eigenvalue weighted by Crippen LogP contribution is -2.01. The van der Waals surface area contributed by atoms with Crippen LogP contribution in [0.2, 0.25) is 0 Å². The molecule has 0 amide bonds. The van der Waals surface area contributed by atoms with Gasteiger partial charge in [-0.1, -0.05) is 0 Å². The number of nitrogens with two attached hydrogens (primary N) is 1. The van der Waals surface area contributed by atoms with Crippen LogP contribution in [0.4, 0.5) is 10.1 Å². The highest BCUT2D eigenvalue weighted by Gasteiger charge is 2.13. The molecule has 6 heteroatoms. The fourth-order valence-corrected chi connectivity index (χ4v) is 2.53. The first kappa shape index (κ1) is 13.8. The molecule has 0 spiro atoms. The predicted molar refractivity (Wildman–Crippen MR) is 83.6 cm³/mol. The zero-order valence-corrected chi connectivity index (χ0v) is 12.8. The number of hydrogen-bond acceptors (Lipinski definition) is 3. The molecule has 2 N–H and O–H groups in total. The van der Waals surface area contributed by atoms with E-state index in [1.807, 2.05) is 11.5 Å². The number of pyridine rings is 1. The molecule has 3 aromatic rings. The lowest BCUT2D eigenvalue weighted by atomic mass is 10.1. The van der Waals surface area contributed by atoms with Gasteiger partial charge < -0.3 is 5.73 Å². The fourth-order valence-electron chi connectivity index (χ4n) is 2.20. The summed E-state index contributed by atoms with van der Waals surface area (Å²) in [5.74, 6) is -0.293. The van der Waals surface area contributed by atoms with Gasteiger partial charge in [-0.2, -0.15) is 0 Å². The molecule has 3 rings (SSSR count). The largest absolute Gasteiger partial charge is 0.398 e. The summed E-state index contributed by atoms with van der Waals surface area (Å²) in [7, 11) is 0. The Bertz CT molecular complexity index is 813. The summed E-state index contributed by atoms with van der Waals surface area (Å²) in [5, 5.41) is 0. The molecule has 0 atom stereocenters. The topological polar surface area (TPSA) is 56.7 Å². The first-order valence-corrected chi connectivity index (χ1v) is 7.05. The number of nitrogen functional groups attached to an aromatic ring is 1. The summed E-state index contributed by atoms with van der Waals surface area (Å²) in [5.41, 5.74) is 9.85. The van der Waals surface area contributed by atoms with Gasteiger partial charge in [-0.15, -0.1) is 0 Å². The number of imidazole rings is 1. The van der Waals surface area contributed by atoms with Crippen LogP contribution in [0.25, 0.3) is 16.9 Å². The van der Waals surface area contributed by atoms with Crippen molar-refractivity contribution >= 4 is 21.6 Å². The number of halogens is 2. The van der Waals surface area contributed by atoms with Crippen LogP contribution in [0.3, 0.4) is 0 Å². The van der Waals surface area contributed by atoms with E-state index < -0.39 is 0 Å². The lowest BCUT2D eigenvalue weighted by molar-refractivity contribution is 0.619. The van der Waals surface area contributed by atoms with Gasteiger partial charge in [0.05, 0.1) is 28.4 Å². The Labute approximate surface area is 129 Å². The first-order valence-electron chi connectivity index (χ1n) is 6.26. The van der Waals surface area contributed by atoms with Crippen LogP contribution in [-0.4, -0.2) is 14.5 Å². The molecule has 0 aliphatic rings. The molecular formula is C15H12BrFN4. The number of hydrogen-bond donors (Lipinski definition) is 1. The van der Waals surface area contributed by atoms with Gasteiger partial charge in [-0.25, -0.2) is 9.37 Å². The first-order chi connectivity index (χ1) is 10.1. The maximum Gasteiger partial charge on any atom is 0.137 e. The summed E-state index contributed by atoms with van der Waals surface area (Å²) in [6, 6.07) is 4.94. The Balaban J connectivity index is 2.21. The van der Waals surface area contributed by atoms with Crippen LogP contribution in [-0.2, 0) is 0 Å². The summed E-state index contributed by atoms with van der Waals surface area (Å²) in [6.07, 6.45) is 6.72. The van der Waals surface area contributed by atoms with E-state index >= 15 is 0 Å². The van der Waals surface area contributed by atoms with E-state index in [1.165, 1.54) is 6.07 Å². The second-order valence-electron chi connectivity index (χ2n) is 4.66. The Morgan fingerprint density at radius 1 is 1.24 bits per heavy atom. The molecule has 1 aromatic carbocycles. The molecule has 0 bridgehead atoms. The van der Waals surface area contributed by atoms with E-state index in [1.54, 1.807) is 37.1 Å². The predicted octanol–water partition coefficient (Wildman–Crippen LogP) is 3.73. The fraction of sp³-hybridized carbons (Fsp3) is 0.0667. The lowest BCUT2D eigenvalue weighted by Gasteiger charge is -2.13. The average Bonchev–Trinajstić information content (AvgIpc) is 2.92. The van der Waals surface area contributed by atoms with Crippen LogP contribution in [0, 0.1) is 12.7 Å². The van der Waals surface area contributed by atoms with E-state index in [0.717, 1.165) is 22.5 Å². The van der Waals surface area contributed by atoms with Gasteiger partial charge in [-0.3, -0.25) is 9.55 Å². The smallest absolute Gasteiger partial charge is 0.137 e. The zero-order chi connectivity index (χ0) is 15.0. The molecule has 0 unspecified atom stereocenters. The molecule has 2 heterocycles. The maximum atomic E-state index is 13.6. The van der Waals surface area contributed by atoms with Crippen molar-refractivity contribution in [2.24, 2.45) is 0 Å².